The van der Waals surface area contributed by atoms with Crippen LogP contribution in [0.5, 0.6) is 5.75 Å². The summed E-state index contributed by atoms with van der Waals surface area (Å²) < 4.78 is 5.27. The minimum Gasteiger partial charge on any atom is -0.487 e. The van der Waals surface area contributed by atoms with Gasteiger partial charge in [-0.3, -0.25) is 10.1 Å². The summed E-state index contributed by atoms with van der Waals surface area (Å²) in [7, 11) is 0. The van der Waals surface area contributed by atoms with E-state index in [-0.39, 0.29) is 18.0 Å². The summed E-state index contributed by atoms with van der Waals surface area (Å²) in [6.07, 6.45) is 0.372. The molecule has 94 valence electrons. The van der Waals surface area contributed by atoms with Crippen molar-refractivity contribution in [2.45, 2.75) is 25.9 Å². The van der Waals surface area contributed by atoms with E-state index in [0.29, 0.717) is 11.4 Å². The van der Waals surface area contributed by atoms with Gasteiger partial charge in [-0.15, -0.1) is 0 Å². The third-order valence-electron chi connectivity index (χ3n) is 2.09. The Morgan fingerprint density at radius 1 is 1.53 bits per heavy atom. The molecular formula is C11H14ClNO4. The molecule has 0 aliphatic carbocycles. The number of ether oxygens (including phenoxy) is 1. The van der Waals surface area contributed by atoms with Gasteiger partial charge < -0.3 is 9.84 Å². The van der Waals surface area contributed by atoms with Crippen molar-refractivity contribution >= 4 is 17.3 Å². The van der Waals surface area contributed by atoms with E-state index in [1.807, 2.05) is 0 Å². The van der Waals surface area contributed by atoms with Gasteiger partial charge >= 0.3 is 5.69 Å². The van der Waals surface area contributed by atoms with Crippen LogP contribution in [-0.4, -0.2) is 22.2 Å². The number of nitro benzene ring substituents is 1. The molecule has 1 aromatic carbocycles. The summed E-state index contributed by atoms with van der Waals surface area (Å²) in [6, 6.07) is 4.12. The molecule has 0 saturated heterocycles. The van der Waals surface area contributed by atoms with Crippen molar-refractivity contribution < 1.29 is 14.8 Å². The number of hydrogen-bond acceptors (Lipinski definition) is 4. The maximum atomic E-state index is 10.7. The van der Waals surface area contributed by atoms with Gasteiger partial charge in [0.2, 0.25) is 0 Å². The highest BCUT2D eigenvalue weighted by atomic mass is 35.5. The van der Waals surface area contributed by atoms with Gasteiger partial charge in [-0.2, -0.15) is 0 Å². The van der Waals surface area contributed by atoms with Crippen molar-refractivity contribution in [3.05, 3.63) is 33.3 Å². The molecule has 0 aliphatic rings. The lowest BCUT2D eigenvalue weighted by atomic mass is 10.1. The molecule has 6 heteroatoms. The first-order valence-electron chi connectivity index (χ1n) is 5.09. The minimum absolute atomic E-state index is 0.117. The van der Waals surface area contributed by atoms with Gasteiger partial charge in [0.15, 0.2) is 5.75 Å². The molecule has 1 rings (SSSR count). The summed E-state index contributed by atoms with van der Waals surface area (Å²) in [6.45, 7) is 3.47. The first kappa shape index (κ1) is 13.7. The van der Waals surface area contributed by atoms with Crippen molar-refractivity contribution in [1.82, 2.24) is 0 Å². The number of nitrogens with zero attached hydrogens (tertiary/aromatic N) is 1. The van der Waals surface area contributed by atoms with Crippen LogP contribution in [0.1, 0.15) is 20.3 Å². The largest absolute Gasteiger partial charge is 0.487 e. The summed E-state index contributed by atoms with van der Waals surface area (Å²) in [5, 5.41) is 20.6. The van der Waals surface area contributed by atoms with E-state index in [1.165, 1.54) is 18.2 Å². The smallest absolute Gasteiger partial charge is 0.311 e. The van der Waals surface area contributed by atoms with Crippen LogP contribution >= 0.6 is 11.6 Å². The zero-order chi connectivity index (χ0) is 13.1. The van der Waals surface area contributed by atoms with Gasteiger partial charge in [-0.1, -0.05) is 11.6 Å². The number of benzene rings is 1. The number of nitro groups is 1. The lowest BCUT2D eigenvalue weighted by Crippen LogP contribution is -2.21. The van der Waals surface area contributed by atoms with Crippen LogP contribution in [-0.2, 0) is 0 Å². The van der Waals surface area contributed by atoms with Crippen LogP contribution in [0, 0.1) is 10.1 Å². The Morgan fingerprint density at radius 3 is 2.71 bits per heavy atom. The number of halogens is 1. The van der Waals surface area contributed by atoms with Gasteiger partial charge in [0.05, 0.1) is 17.1 Å². The highest BCUT2D eigenvalue weighted by molar-refractivity contribution is 6.30. The van der Waals surface area contributed by atoms with E-state index in [4.69, 9.17) is 16.3 Å². The highest BCUT2D eigenvalue weighted by Crippen LogP contribution is 2.30. The van der Waals surface area contributed by atoms with Crippen LogP contribution in [0.15, 0.2) is 18.2 Å². The average Bonchev–Trinajstić information content (AvgIpc) is 2.15. The van der Waals surface area contributed by atoms with Crippen molar-refractivity contribution in [3.8, 4) is 5.75 Å². The third-order valence-corrected chi connectivity index (χ3v) is 2.33. The molecular weight excluding hydrogens is 246 g/mol. The summed E-state index contributed by atoms with van der Waals surface area (Å²) in [4.78, 5) is 10.2. The predicted molar refractivity (Wildman–Crippen MR) is 64.5 cm³/mol. The molecule has 0 aliphatic heterocycles. The number of rotatable bonds is 5. The topological polar surface area (TPSA) is 72.6 Å². The summed E-state index contributed by atoms with van der Waals surface area (Å²) >= 11 is 5.74. The molecule has 0 bridgehead atoms. The molecule has 1 aromatic rings. The van der Waals surface area contributed by atoms with Gasteiger partial charge in [-0.25, -0.2) is 0 Å². The Labute approximate surface area is 104 Å². The van der Waals surface area contributed by atoms with Crippen LogP contribution in [0.2, 0.25) is 5.02 Å². The van der Waals surface area contributed by atoms with Crippen molar-refractivity contribution in [3.63, 3.8) is 0 Å². The lowest BCUT2D eigenvalue weighted by Gasteiger charge is -2.17. The molecule has 0 aromatic heterocycles. The maximum absolute atomic E-state index is 10.7. The molecule has 0 radical (unpaired) electrons. The fourth-order valence-electron chi connectivity index (χ4n) is 1.17. The molecule has 17 heavy (non-hydrogen) atoms. The normalized spacial score (nSPS) is 11.3. The monoisotopic (exact) mass is 259 g/mol. The second-order valence-corrected chi connectivity index (χ2v) is 4.72. The quantitative estimate of drug-likeness (QED) is 0.652. The standard InChI is InChI=1S/C11H14ClNO4/c1-11(2,14)5-6-17-10-7-8(12)3-4-9(10)13(15)16/h3-4,7,14H,5-6H2,1-2H3. The van der Waals surface area contributed by atoms with E-state index in [2.05, 4.69) is 0 Å². The number of aliphatic hydroxyl groups is 1. The SMILES string of the molecule is CC(C)(O)CCOc1cc(Cl)ccc1[N+](=O)[O-]. The van der Waals surface area contributed by atoms with Gasteiger partial charge in [0.1, 0.15) is 0 Å². The van der Waals surface area contributed by atoms with Crippen LogP contribution < -0.4 is 4.74 Å². The molecule has 1 N–H and O–H groups in total. The highest BCUT2D eigenvalue weighted by Gasteiger charge is 2.17. The van der Waals surface area contributed by atoms with Crippen molar-refractivity contribution in [2.75, 3.05) is 6.61 Å². The summed E-state index contributed by atoms with van der Waals surface area (Å²) in [5.74, 6) is 0.117. The third kappa shape index (κ3) is 4.58. The molecule has 0 atom stereocenters. The average molecular weight is 260 g/mol. The Balaban J connectivity index is 2.75. The maximum Gasteiger partial charge on any atom is 0.311 e. The van der Waals surface area contributed by atoms with E-state index in [0.717, 1.165) is 0 Å². The molecule has 0 heterocycles. The van der Waals surface area contributed by atoms with Gasteiger partial charge in [0.25, 0.3) is 0 Å². The molecule has 5 nitrogen and oxygen atoms in total. The second kappa shape index (κ2) is 5.33. The first-order valence-corrected chi connectivity index (χ1v) is 5.46. The van der Waals surface area contributed by atoms with E-state index in [9.17, 15) is 15.2 Å². The molecule has 0 amide bonds. The summed E-state index contributed by atoms with van der Waals surface area (Å²) in [5.41, 5.74) is -1.00. The molecule has 0 unspecified atom stereocenters. The van der Waals surface area contributed by atoms with Crippen molar-refractivity contribution in [2.24, 2.45) is 0 Å². The second-order valence-electron chi connectivity index (χ2n) is 4.28. The van der Waals surface area contributed by atoms with Gasteiger partial charge in [-0.05, 0) is 19.9 Å². The van der Waals surface area contributed by atoms with E-state index < -0.39 is 10.5 Å². The minimum atomic E-state index is -0.868. The lowest BCUT2D eigenvalue weighted by molar-refractivity contribution is -0.385. The van der Waals surface area contributed by atoms with E-state index >= 15 is 0 Å². The van der Waals surface area contributed by atoms with Crippen LogP contribution in [0.25, 0.3) is 0 Å². The fraction of sp³-hybridized carbons (Fsp3) is 0.455. The van der Waals surface area contributed by atoms with Crippen molar-refractivity contribution in [1.29, 1.82) is 0 Å². The molecule has 0 saturated carbocycles. The first-order chi connectivity index (χ1) is 7.79. The Morgan fingerprint density at radius 2 is 2.18 bits per heavy atom. The zero-order valence-electron chi connectivity index (χ0n) is 9.64. The van der Waals surface area contributed by atoms with E-state index in [1.54, 1.807) is 13.8 Å². The van der Waals surface area contributed by atoms with Crippen LogP contribution in [0.3, 0.4) is 0 Å². The predicted octanol–water partition coefficient (Wildman–Crippen LogP) is 2.79. The number of hydrogen-bond donors (Lipinski definition) is 1. The Kier molecular flexibility index (Phi) is 4.31. The zero-order valence-corrected chi connectivity index (χ0v) is 10.4. The molecule has 0 spiro atoms. The Bertz CT molecular complexity index is 414. The molecule has 0 fully saturated rings. The van der Waals surface area contributed by atoms with Crippen LogP contribution in [0.4, 0.5) is 5.69 Å². The fourth-order valence-corrected chi connectivity index (χ4v) is 1.33. The Hall–Kier alpha value is -1.33. The van der Waals surface area contributed by atoms with Gasteiger partial charge in [0, 0.05) is 23.6 Å².